The summed E-state index contributed by atoms with van der Waals surface area (Å²) in [4.78, 5) is 49.4. The summed E-state index contributed by atoms with van der Waals surface area (Å²) in [5.41, 5.74) is 0.596. The monoisotopic (exact) mass is 689 g/mol. The van der Waals surface area contributed by atoms with Gasteiger partial charge in [-0.3, -0.25) is 19.1 Å². The molecule has 3 heterocycles. The minimum atomic E-state index is -1.16. The number of carbonyl (C=O) groups is 3. The molecule has 2 fully saturated rings. The third-order valence-corrected chi connectivity index (χ3v) is 10.9. The molecule has 6 rings (SSSR count). The summed E-state index contributed by atoms with van der Waals surface area (Å²) in [5.74, 6) is -0.343. The number of methoxy groups -OCH3 is 1. The lowest BCUT2D eigenvalue weighted by Crippen LogP contribution is -2.61. The predicted octanol–water partition coefficient (Wildman–Crippen LogP) is 4.45. The lowest BCUT2D eigenvalue weighted by molar-refractivity contribution is -0.136. The van der Waals surface area contributed by atoms with Crippen molar-refractivity contribution >= 4 is 40.4 Å². The second-order valence-electron chi connectivity index (χ2n) is 13.6. The van der Waals surface area contributed by atoms with Crippen molar-refractivity contribution in [3.8, 4) is 0 Å². The molecule has 4 atom stereocenters. The Morgan fingerprint density at radius 3 is 2.53 bits per heavy atom. The van der Waals surface area contributed by atoms with Gasteiger partial charge in [0.15, 0.2) is 0 Å². The Morgan fingerprint density at radius 2 is 1.92 bits per heavy atom. The van der Waals surface area contributed by atoms with Crippen molar-refractivity contribution in [2.75, 3.05) is 26.9 Å². The Bertz CT molecular complexity index is 1860. The minimum absolute atomic E-state index is 0.167. The van der Waals surface area contributed by atoms with Crippen LogP contribution in [0.1, 0.15) is 79.9 Å². The number of ether oxygens (including phenoxy) is 2. The fourth-order valence-electron chi connectivity index (χ4n) is 7.21. The van der Waals surface area contributed by atoms with Gasteiger partial charge in [0.05, 0.1) is 23.1 Å². The molecular weight excluding hydrogens is 646 g/mol. The largest absolute Gasteiger partial charge is 0.380 e. The number of rotatable bonds is 12. The van der Waals surface area contributed by atoms with E-state index in [2.05, 4.69) is 33.0 Å². The number of nitrogens with one attached hydrogen (secondary N) is 4. The number of fused-ring (bicyclic) bond motifs is 1. The number of hydrogen-bond acceptors (Lipinski definition) is 7. The van der Waals surface area contributed by atoms with E-state index in [4.69, 9.17) is 26.1 Å². The van der Waals surface area contributed by atoms with Gasteiger partial charge in [-0.05, 0) is 68.4 Å². The van der Waals surface area contributed by atoms with Gasteiger partial charge >= 0.3 is 0 Å². The number of imidazole rings is 1. The maximum absolute atomic E-state index is 14.3. The Labute approximate surface area is 290 Å². The highest BCUT2D eigenvalue weighted by atomic mass is 35.5. The molecule has 1 aliphatic carbocycles. The second kappa shape index (κ2) is 13.6. The van der Waals surface area contributed by atoms with Gasteiger partial charge in [0.1, 0.15) is 29.2 Å². The average Bonchev–Trinajstić information content (AvgIpc) is 3.85. The molecule has 0 radical (unpaired) electrons. The van der Waals surface area contributed by atoms with E-state index in [0.717, 1.165) is 24.8 Å². The first-order valence-electron chi connectivity index (χ1n) is 16.7. The highest BCUT2D eigenvalue weighted by Gasteiger charge is 2.50. The summed E-state index contributed by atoms with van der Waals surface area (Å²) in [6.07, 6.45) is 4.78. The van der Waals surface area contributed by atoms with Gasteiger partial charge in [0.25, 0.3) is 5.91 Å². The van der Waals surface area contributed by atoms with Gasteiger partial charge < -0.3 is 30.4 Å². The fourth-order valence-corrected chi connectivity index (χ4v) is 7.53. The molecule has 1 saturated heterocycles. The van der Waals surface area contributed by atoms with Crippen LogP contribution in [0.5, 0.6) is 0 Å². The van der Waals surface area contributed by atoms with Crippen LogP contribution in [0.15, 0.2) is 54.7 Å². The highest BCUT2D eigenvalue weighted by Crippen LogP contribution is 2.45. The van der Waals surface area contributed by atoms with E-state index in [9.17, 15) is 14.4 Å². The number of benzene rings is 2. The van der Waals surface area contributed by atoms with Crippen molar-refractivity contribution in [2.24, 2.45) is 12.5 Å². The highest BCUT2D eigenvalue weighted by molar-refractivity contribution is 6.31. The first kappa shape index (κ1) is 34.6. The van der Waals surface area contributed by atoms with Gasteiger partial charge in [-0.2, -0.15) is 5.10 Å². The van der Waals surface area contributed by atoms with Crippen molar-refractivity contribution in [3.05, 3.63) is 82.4 Å². The number of likely N-dealkylation sites (N-methyl/N-ethyl adjacent to an activating group) is 1. The third-order valence-electron chi connectivity index (χ3n) is 10.6. The molecule has 3 unspecified atom stereocenters. The van der Waals surface area contributed by atoms with E-state index in [1.54, 1.807) is 32.5 Å². The second-order valence-corrected chi connectivity index (χ2v) is 14.0. The van der Waals surface area contributed by atoms with Crippen LogP contribution in [-0.4, -0.2) is 70.4 Å². The van der Waals surface area contributed by atoms with Crippen molar-refractivity contribution < 1.29 is 23.9 Å². The van der Waals surface area contributed by atoms with E-state index < -0.39 is 23.1 Å². The van der Waals surface area contributed by atoms with Crippen LogP contribution >= 0.6 is 11.6 Å². The van der Waals surface area contributed by atoms with Crippen LogP contribution in [0.2, 0.25) is 5.02 Å². The number of aromatic amines is 1. The number of carbonyl (C=O) groups excluding carboxylic acids is 3. The molecule has 12 nitrogen and oxygen atoms in total. The summed E-state index contributed by atoms with van der Waals surface area (Å²) in [7, 11) is 3.26. The molecule has 2 aliphatic rings. The Kier molecular flexibility index (Phi) is 9.58. The molecule has 4 aromatic rings. The van der Waals surface area contributed by atoms with Crippen LogP contribution in [0.3, 0.4) is 0 Å². The summed E-state index contributed by atoms with van der Waals surface area (Å²) in [6, 6.07) is 13.1. The van der Waals surface area contributed by atoms with Crippen LogP contribution in [0.4, 0.5) is 0 Å². The van der Waals surface area contributed by atoms with Gasteiger partial charge in [-0.15, -0.1) is 0 Å². The number of halogens is 1. The molecule has 2 aromatic carbocycles. The first-order valence-corrected chi connectivity index (χ1v) is 17.1. The van der Waals surface area contributed by atoms with Crippen LogP contribution in [0.25, 0.3) is 11.0 Å². The average molecular weight is 690 g/mol. The van der Waals surface area contributed by atoms with Gasteiger partial charge in [0.2, 0.25) is 11.8 Å². The standard InChI is InChI=1S/C36H44ClN7O5/c1-6-38-32(46)29(34(2)15-9-16-34)43-33(47)36(17-19-49-21-36)22-12-13-25-26(20-22)41-30(40-25)28(42-31(45)27-14-18-39-44(27)4)35(3,48-5)23-10-7-8-11-24(23)37/h7-8,10-14,18,20,28-29H,6,9,15-17,19,21H2,1-5H3,(H,38,46)(H,40,41)(H,42,45)(H,43,47)/t28?,29-,35?,36?/m0/s1. The van der Waals surface area contributed by atoms with Gasteiger partial charge in [-0.25, -0.2) is 4.98 Å². The molecule has 1 aliphatic heterocycles. The maximum Gasteiger partial charge on any atom is 0.270 e. The molecule has 0 bridgehead atoms. The lowest BCUT2D eigenvalue weighted by Gasteiger charge is -2.45. The summed E-state index contributed by atoms with van der Waals surface area (Å²) < 4.78 is 13.5. The third kappa shape index (κ3) is 6.21. The van der Waals surface area contributed by atoms with Crippen LogP contribution in [0, 0.1) is 5.41 Å². The summed E-state index contributed by atoms with van der Waals surface area (Å²) in [5, 5.41) is 13.8. The van der Waals surface area contributed by atoms with Crippen LogP contribution in [-0.2, 0) is 37.1 Å². The topological polar surface area (TPSA) is 152 Å². The summed E-state index contributed by atoms with van der Waals surface area (Å²) in [6.45, 7) is 6.86. The molecule has 2 aromatic heterocycles. The maximum atomic E-state index is 14.3. The smallest absolute Gasteiger partial charge is 0.270 e. The van der Waals surface area contributed by atoms with Crippen LogP contribution < -0.4 is 16.0 Å². The number of aryl methyl sites for hydroxylation is 1. The predicted molar refractivity (Wildman–Crippen MR) is 185 cm³/mol. The quantitative estimate of drug-likeness (QED) is 0.172. The van der Waals surface area contributed by atoms with E-state index >= 15 is 0 Å². The zero-order valence-electron chi connectivity index (χ0n) is 28.6. The van der Waals surface area contributed by atoms with Crippen molar-refractivity contribution in [1.29, 1.82) is 0 Å². The zero-order valence-corrected chi connectivity index (χ0v) is 29.3. The SMILES string of the molecule is CCNC(=O)[C@H](NC(=O)C1(c2ccc3nc(C(NC(=O)c4ccnn4C)C(C)(OC)c4ccccc4Cl)[nH]c3c2)CCOC1)C1(C)CCC1. The molecule has 3 amide bonds. The van der Waals surface area contributed by atoms with E-state index in [1.807, 2.05) is 50.2 Å². The number of hydrogen-bond donors (Lipinski definition) is 4. The zero-order chi connectivity index (χ0) is 35.0. The minimum Gasteiger partial charge on any atom is -0.380 e. The molecule has 49 heavy (non-hydrogen) atoms. The molecule has 13 heteroatoms. The summed E-state index contributed by atoms with van der Waals surface area (Å²) >= 11 is 6.70. The number of aromatic nitrogens is 4. The number of amides is 3. The van der Waals surface area contributed by atoms with Gasteiger partial charge in [-0.1, -0.05) is 49.2 Å². The number of nitrogens with zero attached hydrogens (tertiary/aromatic N) is 3. The van der Waals surface area contributed by atoms with Crippen molar-refractivity contribution in [1.82, 2.24) is 35.7 Å². The van der Waals surface area contributed by atoms with E-state index in [1.165, 1.54) is 4.68 Å². The fraction of sp³-hybridized carbons (Fsp3) is 0.472. The molecular formula is C36H44ClN7O5. The van der Waals surface area contributed by atoms with E-state index in [-0.39, 0.29) is 29.7 Å². The molecule has 4 N–H and O–H groups in total. The van der Waals surface area contributed by atoms with Crippen molar-refractivity contribution in [3.63, 3.8) is 0 Å². The van der Waals surface area contributed by atoms with Crippen molar-refractivity contribution in [2.45, 2.75) is 69.6 Å². The molecule has 0 spiro atoms. The van der Waals surface area contributed by atoms with Gasteiger partial charge in [0, 0.05) is 44.1 Å². The first-order chi connectivity index (χ1) is 23.5. The lowest BCUT2D eigenvalue weighted by atomic mass is 9.65. The normalized spacial score (nSPS) is 20.9. The molecule has 1 saturated carbocycles. The Balaban J connectivity index is 1.39. The Morgan fingerprint density at radius 1 is 1.14 bits per heavy atom. The Hall–Kier alpha value is -4.26. The number of H-pyrrole nitrogens is 1. The van der Waals surface area contributed by atoms with E-state index in [0.29, 0.717) is 52.7 Å². The molecule has 260 valence electrons.